The van der Waals surface area contributed by atoms with Crippen molar-refractivity contribution in [1.82, 2.24) is 9.97 Å². The van der Waals surface area contributed by atoms with Crippen LogP contribution in [0.25, 0.3) is 0 Å². The van der Waals surface area contributed by atoms with Gasteiger partial charge in [-0.05, 0) is 42.0 Å². The van der Waals surface area contributed by atoms with Crippen LogP contribution in [0, 0.1) is 0 Å². The first kappa shape index (κ1) is 25.6. The van der Waals surface area contributed by atoms with Crippen molar-refractivity contribution >= 4 is 13.4 Å². The molecule has 0 saturated carbocycles. The van der Waals surface area contributed by atoms with Crippen LogP contribution in [0.5, 0.6) is 5.75 Å². The summed E-state index contributed by atoms with van der Waals surface area (Å²) in [6.07, 6.45) is 6.18. The van der Waals surface area contributed by atoms with Crippen LogP contribution in [0.15, 0.2) is 116 Å². The number of carbonyl (C=O) groups excluding carboxylic acids is 1. The summed E-state index contributed by atoms with van der Waals surface area (Å²) >= 11 is 0. The summed E-state index contributed by atoms with van der Waals surface area (Å²) in [6, 6.07) is 27.3. The monoisotopic (exact) mass is 464 g/mol. The second-order valence-corrected chi connectivity index (χ2v) is 8.21. The van der Waals surface area contributed by atoms with Gasteiger partial charge in [-0.3, -0.25) is 19.3 Å². The zero-order valence-corrected chi connectivity index (χ0v) is 18.7. The average molecular weight is 464 g/mol. The van der Waals surface area contributed by atoms with Gasteiger partial charge >= 0.3 is 7.60 Å². The number of hydrogen-bond acceptors (Lipinski definition) is 5. The maximum absolute atomic E-state index is 11.9. The van der Waals surface area contributed by atoms with Gasteiger partial charge in [-0.15, -0.1) is 0 Å². The predicted octanol–water partition coefficient (Wildman–Crippen LogP) is 4.79. The molecule has 170 valence electrons. The summed E-state index contributed by atoms with van der Waals surface area (Å²) in [7, 11) is -4.39. The molecule has 0 unspecified atom stereocenters. The van der Waals surface area contributed by atoms with Gasteiger partial charge in [0, 0.05) is 24.8 Å². The van der Waals surface area contributed by atoms with E-state index in [0.29, 0.717) is 5.75 Å². The van der Waals surface area contributed by atoms with Crippen molar-refractivity contribution in [3.8, 4) is 5.75 Å². The first-order chi connectivity index (χ1) is 16.0. The van der Waals surface area contributed by atoms with Crippen molar-refractivity contribution in [2.45, 2.75) is 6.61 Å². The molecule has 4 rings (SSSR count). The van der Waals surface area contributed by atoms with E-state index in [1.807, 2.05) is 66.7 Å². The van der Waals surface area contributed by atoms with Crippen LogP contribution in [-0.2, 0) is 11.2 Å². The molecule has 0 aliphatic rings. The Morgan fingerprint density at radius 3 is 1.67 bits per heavy atom. The fraction of sp³-hybridized carbons (Fsp3) is 0.0800. The normalized spacial score (nSPS) is 10.0. The van der Waals surface area contributed by atoms with Crippen molar-refractivity contribution in [2.24, 2.45) is 0 Å². The minimum atomic E-state index is -4.39. The molecule has 0 atom stereocenters. The standard InChI is InChI=1S/C15H15O5P.2C5H5N/c16-14(11-21(17,18)19)13-8-4-5-9-15(13)20-10-12-6-2-1-3-7-12;2*1-2-4-6-5-3-1/h1-9H,10-11H2,(H2,17,18,19);2*1-5H. The third-order valence-electron chi connectivity index (χ3n) is 3.91. The lowest BCUT2D eigenvalue weighted by molar-refractivity contribution is 0.101. The molecule has 0 aliphatic heterocycles. The third kappa shape index (κ3) is 11.5. The van der Waals surface area contributed by atoms with Gasteiger partial charge in [0.15, 0.2) is 5.78 Å². The summed E-state index contributed by atoms with van der Waals surface area (Å²) in [6.45, 7) is 0.279. The Morgan fingerprint density at radius 1 is 0.727 bits per heavy atom. The lowest BCUT2D eigenvalue weighted by Gasteiger charge is -2.11. The van der Waals surface area contributed by atoms with Gasteiger partial charge < -0.3 is 14.5 Å². The van der Waals surface area contributed by atoms with Gasteiger partial charge in [0.05, 0.1) is 5.56 Å². The minimum Gasteiger partial charge on any atom is -0.488 e. The molecular formula is C25H25N2O5P. The summed E-state index contributed by atoms with van der Waals surface area (Å²) in [4.78, 5) is 37.3. The number of benzene rings is 2. The molecule has 2 aromatic carbocycles. The van der Waals surface area contributed by atoms with E-state index < -0.39 is 19.5 Å². The van der Waals surface area contributed by atoms with Gasteiger partial charge in [-0.2, -0.15) is 0 Å². The van der Waals surface area contributed by atoms with Crippen LogP contribution in [0.3, 0.4) is 0 Å². The largest absolute Gasteiger partial charge is 0.488 e. The molecule has 2 aromatic heterocycles. The van der Waals surface area contributed by atoms with Crippen molar-refractivity contribution in [1.29, 1.82) is 0 Å². The van der Waals surface area contributed by atoms with Crippen LogP contribution in [0.2, 0.25) is 0 Å². The van der Waals surface area contributed by atoms with Gasteiger partial charge in [0.25, 0.3) is 0 Å². The zero-order chi connectivity index (χ0) is 23.8. The molecule has 0 aliphatic carbocycles. The third-order valence-corrected chi connectivity index (χ3v) is 4.61. The van der Waals surface area contributed by atoms with E-state index in [1.54, 1.807) is 43.0 Å². The Morgan fingerprint density at radius 2 is 1.21 bits per heavy atom. The van der Waals surface area contributed by atoms with E-state index in [9.17, 15) is 9.36 Å². The summed E-state index contributed by atoms with van der Waals surface area (Å²) in [5, 5.41) is 0. The summed E-state index contributed by atoms with van der Waals surface area (Å²) in [5.41, 5.74) is 1.12. The van der Waals surface area contributed by atoms with Gasteiger partial charge in [0.2, 0.25) is 0 Å². The molecule has 0 saturated heterocycles. The molecule has 0 fully saturated rings. The molecular weight excluding hydrogens is 439 g/mol. The molecule has 0 radical (unpaired) electrons. The smallest absolute Gasteiger partial charge is 0.333 e. The van der Waals surface area contributed by atoms with E-state index in [0.717, 1.165) is 5.56 Å². The zero-order valence-electron chi connectivity index (χ0n) is 17.8. The van der Waals surface area contributed by atoms with E-state index in [2.05, 4.69) is 9.97 Å². The summed E-state index contributed by atoms with van der Waals surface area (Å²) in [5.74, 6) is -0.313. The number of ether oxygens (including phenoxy) is 1. The maximum atomic E-state index is 11.9. The fourth-order valence-corrected chi connectivity index (χ4v) is 3.00. The molecule has 8 heteroatoms. The van der Waals surface area contributed by atoms with E-state index in [1.165, 1.54) is 6.07 Å². The topological polar surface area (TPSA) is 110 Å². The number of para-hydroxylation sites is 1. The molecule has 2 N–H and O–H groups in total. The molecule has 0 spiro atoms. The lowest BCUT2D eigenvalue weighted by atomic mass is 10.1. The van der Waals surface area contributed by atoms with Crippen molar-refractivity contribution in [3.05, 3.63) is 127 Å². The number of nitrogens with zero attached hydrogens (tertiary/aromatic N) is 2. The van der Waals surface area contributed by atoms with Gasteiger partial charge in [0.1, 0.15) is 18.5 Å². The minimum absolute atomic E-state index is 0.178. The SMILES string of the molecule is O=C(CP(=O)(O)O)c1ccccc1OCc1ccccc1.c1ccncc1.c1ccncc1. The Bertz CT molecular complexity index is 1020. The number of rotatable bonds is 6. The molecule has 0 amide bonds. The number of pyridine rings is 2. The van der Waals surface area contributed by atoms with Crippen molar-refractivity contribution < 1.29 is 23.9 Å². The molecule has 2 heterocycles. The van der Waals surface area contributed by atoms with Crippen LogP contribution < -0.4 is 4.74 Å². The lowest BCUT2D eigenvalue weighted by Crippen LogP contribution is -2.08. The number of hydrogen-bond donors (Lipinski definition) is 2. The quantitative estimate of drug-likeness (QED) is 0.312. The second-order valence-electron chi connectivity index (χ2n) is 6.57. The van der Waals surface area contributed by atoms with E-state index in [4.69, 9.17) is 14.5 Å². The van der Waals surface area contributed by atoms with Crippen LogP contribution in [-0.4, -0.2) is 31.7 Å². The number of ketones is 1. The predicted molar refractivity (Wildman–Crippen MR) is 127 cm³/mol. The molecule has 4 aromatic rings. The average Bonchev–Trinajstić information content (AvgIpc) is 2.85. The van der Waals surface area contributed by atoms with Gasteiger partial charge in [-0.25, -0.2) is 0 Å². The molecule has 7 nitrogen and oxygen atoms in total. The van der Waals surface area contributed by atoms with E-state index in [-0.39, 0.29) is 12.2 Å². The highest BCUT2D eigenvalue weighted by Crippen LogP contribution is 2.36. The highest BCUT2D eigenvalue weighted by atomic mass is 31.2. The Kier molecular flexibility index (Phi) is 11.2. The van der Waals surface area contributed by atoms with Crippen LogP contribution in [0.4, 0.5) is 0 Å². The van der Waals surface area contributed by atoms with Crippen LogP contribution in [0.1, 0.15) is 15.9 Å². The second kappa shape index (κ2) is 14.4. The highest BCUT2D eigenvalue weighted by Gasteiger charge is 2.22. The Hall–Kier alpha value is -3.64. The first-order valence-electron chi connectivity index (χ1n) is 9.99. The van der Waals surface area contributed by atoms with E-state index >= 15 is 0 Å². The maximum Gasteiger partial charge on any atom is 0.333 e. The fourth-order valence-electron chi connectivity index (χ4n) is 2.46. The highest BCUT2D eigenvalue weighted by molar-refractivity contribution is 7.52. The van der Waals surface area contributed by atoms with Crippen molar-refractivity contribution in [2.75, 3.05) is 6.16 Å². The first-order valence-corrected chi connectivity index (χ1v) is 11.8. The summed E-state index contributed by atoms with van der Waals surface area (Å²) < 4.78 is 16.5. The number of aromatic nitrogens is 2. The molecule has 33 heavy (non-hydrogen) atoms. The Labute approximate surface area is 192 Å². The number of Topliss-reactive ketones (excluding diaryl/α,β-unsaturated/α-hetero) is 1. The van der Waals surface area contributed by atoms with Crippen molar-refractivity contribution in [3.63, 3.8) is 0 Å². The Balaban J connectivity index is 0.000000258. The van der Waals surface area contributed by atoms with Crippen LogP contribution >= 0.6 is 7.60 Å². The number of carbonyl (C=O) groups is 1. The van der Waals surface area contributed by atoms with Gasteiger partial charge in [-0.1, -0.05) is 54.6 Å². The molecule has 0 bridgehead atoms.